The molecule has 3 fully saturated rings. The summed E-state index contributed by atoms with van der Waals surface area (Å²) in [5, 5.41) is 11.9. The summed E-state index contributed by atoms with van der Waals surface area (Å²) in [5.74, 6) is -8.57. The van der Waals surface area contributed by atoms with Crippen molar-refractivity contribution in [2.24, 2.45) is 29.6 Å². The Balaban J connectivity index is 1.90. The normalized spacial score (nSPS) is 38.3. The lowest BCUT2D eigenvalue weighted by atomic mass is 9.81. The molecule has 4 rings (SSSR count). The van der Waals surface area contributed by atoms with E-state index in [4.69, 9.17) is 32.8 Å². The number of ketones is 2. The van der Waals surface area contributed by atoms with Gasteiger partial charge in [0.2, 0.25) is 5.79 Å². The second kappa shape index (κ2) is 24.4. The van der Waals surface area contributed by atoms with Crippen LogP contribution in [0.2, 0.25) is 18.1 Å². The highest BCUT2D eigenvalue weighted by molar-refractivity contribution is 6.74. The molecule has 3 heterocycles. The molecule has 4 aliphatic rings. The zero-order valence-electron chi connectivity index (χ0n) is 43.0. The first-order valence-corrected chi connectivity index (χ1v) is 27.6. The van der Waals surface area contributed by atoms with E-state index in [1.807, 2.05) is 20.8 Å². The lowest BCUT2D eigenvalue weighted by Gasteiger charge is -2.47. The number of Topliss-reactive ketones (excluding diaryl/α,β-unsaturated/α-hetero) is 2. The van der Waals surface area contributed by atoms with Crippen LogP contribution in [0.4, 0.5) is 4.39 Å². The molecule has 1 N–H and O–H groups in total. The number of cyclic esters (lactones) is 1. The maximum Gasteiger partial charge on any atom is 0.329 e. The fourth-order valence-corrected chi connectivity index (χ4v) is 11.7. The summed E-state index contributed by atoms with van der Waals surface area (Å²) in [4.78, 5) is 70.8. The van der Waals surface area contributed by atoms with Gasteiger partial charge in [-0.2, -0.15) is 0 Å². The van der Waals surface area contributed by atoms with Gasteiger partial charge >= 0.3 is 5.97 Å². The third-order valence-corrected chi connectivity index (χ3v) is 20.2. The van der Waals surface area contributed by atoms with Crippen molar-refractivity contribution < 1.29 is 66.3 Å². The number of amides is 1. The number of carbonyl (C=O) groups excluding carboxylic acids is 5. The number of ether oxygens (including phenoxy) is 6. The van der Waals surface area contributed by atoms with Gasteiger partial charge in [0.1, 0.15) is 43.1 Å². The quantitative estimate of drug-likeness (QED) is 0.0704. The van der Waals surface area contributed by atoms with E-state index >= 15 is 4.39 Å². The molecule has 3 aliphatic heterocycles. The molecular formula is C51H84FNO13Si. The number of esters is 1. The third kappa shape index (κ3) is 13.6. The van der Waals surface area contributed by atoms with Crippen molar-refractivity contribution in [3.63, 3.8) is 0 Å². The Bertz CT molecular complexity index is 1770. The number of methoxy groups -OCH3 is 3. The number of aliphatic hydroxyl groups is 1. The molecule has 0 radical (unpaired) electrons. The van der Waals surface area contributed by atoms with Crippen LogP contribution in [0, 0.1) is 29.6 Å². The number of fused-ring (bicyclic) bond motifs is 3. The van der Waals surface area contributed by atoms with Gasteiger partial charge in [-0.1, -0.05) is 60.6 Å². The van der Waals surface area contributed by atoms with E-state index in [1.54, 1.807) is 34.0 Å². The smallest absolute Gasteiger partial charge is 0.329 e. The standard InChI is InChI=1S/C51H84FNO13Si/c1-15-36-25-30(2)44(52)31(3)26-42(61-11)46-43(62-12)27-33(5)51(59,65-46)47(56)48(57)53-21-17-16-18-37(53)49(58)64-45(34(6)40(29-38(36)55)66-67(13,14)50(7,8)9)32(4)24-35-19-20-39(63-23-22-54)41(28-35)60-10/h22,24-25,31,33-37,39-46,59H,15-21,23,26-29H2,1-14H3/b30-25+,32-24?. The average Bonchev–Trinajstić information content (AvgIpc) is 3.29. The summed E-state index contributed by atoms with van der Waals surface area (Å²) in [6.45, 7) is 21.3. The van der Waals surface area contributed by atoms with Crippen molar-refractivity contribution in [3.05, 3.63) is 23.3 Å². The number of aldehydes is 1. The zero-order chi connectivity index (χ0) is 50.2. The van der Waals surface area contributed by atoms with Gasteiger partial charge in [-0.05, 0) is 113 Å². The Kier molecular flexibility index (Phi) is 20.7. The highest BCUT2D eigenvalue weighted by atomic mass is 28.4. The van der Waals surface area contributed by atoms with E-state index in [0.717, 1.165) is 11.9 Å². The molecule has 2 bridgehead atoms. The minimum Gasteiger partial charge on any atom is -0.456 e. The van der Waals surface area contributed by atoms with E-state index in [0.29, 0.717) is 44.1 Å². The summed E-state index contributed by atoms with van der Waals surface area (Å²) in [6, 6.07) is -1.16. The van der Waals surface area contributed by atoms with Crippen LogP contribution in [0.5, 0.6) is 0 Å². The fourth-order valence-electron chi connectivity index (χ4n) is 10.3. The molecular weight excluding hydrogens is 882 g/mol. The number of hydrogen-bond donors (Lipinski definition) is 1. The summed E-state index contributed by atoms with van der Waals surface area (Å²) in [7, 11) is 1.91. The molecule has 1 amide bonds. The highest BCUT2D eigenvalue weighted by Gasteiger charge is 2.57. The van der Waals surface area contributed by atoms with Crippen LogP contribution in [0.3, 0.4) is 0 Å². The molecule has 0 spiro atoms. The number of piperidine rings is 1. The van der Waals surface area contributed by atoms with Crippen LogP contribution in [-0.4, -0.2) is 143 Å². The summed E-state index contributed by atoms with van der Waals surface area (Å²) in [6.07, 6.45) is 2.03. The Morgan fingerprint density at radius 1 is 0.940 bits per heavy atom. The van der Waals surface area contributed by atoms with Gasteiger partial charge in [0.15, 0.2) is 8.32 Å². The van der Waals surface area contributed by atoms with Gasteiger partial charge in [0.05, 0.1) is 30.5 Å². The maximum absolute atomic E-state index is 16.6. The molecule has 67 heavy (non-hydrogen) atoms. The van der Waals surface area contributed by atoms with Gasteiger partial charge < -0.3 is 47.6 Å². The first-order chi connectivity index (χ1) is 31.4. The van der Waals surface area contributed by atoms with E-state index < -0.39 is 98.2 Å². The molecule has 382 valence electrons. The molecule has 1 saturated carbocycles. The van der Waals surface area contributed by atoms with Crippen molar-refractivity contribution in [2.75, 3.05) is 34.5 Å². The molecule has 0 aromatic heterocycles. The number of nitrogens with zero attached hydrogens (tertiary/aromatic N) is 1. The van der Waals surface area contributed by atoms with Gasteiger partial charge in [-0.3, -0.25) is 14.4 Å². The fraction of sp³-hybridized carbons (Fsp3) is 0.824. The van der Waals surface area contributed by atoms with Gasteiger partial charge in [-0.15, -0.1) is 0 Å². The second-order valence-corrected chi connectivity index (χ2v) is 26.2. The highest BCUT2D eigenvalue weighted by Crippen LogP contribution is 2.42. The SMILES string of the molecule is CCC1/C=C(\C)C(F)C(C)CC(OC)C2OC(O)(C(=O)C(=O)N3CCCCC3C(=O)OC(C(C)=CC3CCC(OCC=O)C(OC)C3)C(C)C(O[Si](C)(C)C(C)(C)C)CC1=O)C(C)CC2OC. The van der Waals surface area contributed by atoms with Crippen LogP contribution in [0.25, 0.3) is 0 Å². The Morgan fingerprint density at radius 2 is 1.58 bits per heavy atom. The molecule has 15 atom stereocenters. The van der Waals surface area contributed by atoms with E-state index in [-0.39, 0.29) is 67.8 Å². The first-order valence-electron chi connectivity index (χ1n) is 24.7. The lowest BCUT2D eigenvalue weighted by Crippen LogP contribution is -2.64. The van der Waals surface area contributed by atoms with E-state index in [9.17, 15) is 29.1 Å². The molecule has 1 aliphatic carbocycles. The third-order valence-electron chi connectivity index (χ3n) is 15.7. The van der Waals surface area contributed by atoms with Crippen molar-refractivity contribution in [2.45, 2.75) is 205 Å². The minimum atomic E-state index is -2.61. The summed E-state index contributed by atoms with van der Waals surface area (Å²) < 4.78 is 60.0. The van der Waals surface area contributed by atoms with Crippen LogP contribution in [-0.2, 0) is 56.8 Å². The number of halogens is 1. The predicted octanol–water partition coefficient (Wildman–Crippen LogP) is 7.67. The number of rotatable bonds is 11. The van der Waals surface area contributed by atoms with Crippen LogP contribution >= 0.6 is 0 Å². The van der Waals surface area contributed by atoms with Gasteiger partial charge in [0, 0.05) is 52.0 Å². The van der Waals surface area contributed by atoms with Crippen molar-refractivity contribution in [1.29, 1.82) is 0 Å². The number of carbonyl (C=O) groups is 5. The van der Waals surface area contributed by atoms with Crippen molar-refractivity contribution in [3.8, 4) is 0 Å². The predicted molar refractivity (Wildman–Crippen MR) is 254 cm³/mol. The minimum absolute atomic E-state index is 0.0186. The van der Waals surface area contributed by atoms with Crippen molar-refractivity contribution in [1.82, 2.24) is 4.90 Å². The molecule has 2 saturated heterocycles. The zero-order valence-corrected chi connectivity index (χ0v) is 44.0. The monoisotopic (exact) mass is 966 g/mol. The number of hydrogen-bond acceptors (Lipinski definition) is 13. The largest absolute Gasteiger partial charge is 0.456 e. The van der Waals surface area contributed by atoms with Crippen LogP contribution in [0.15, 0.2) is 23.3 Å². The number of allylic oxidation sites excluding steroid dienone is 3. The number of alkyl halides is 1. The molecule has 0 aromatic carbocycles. The van der Waals surface area contributed by atoms with Gasteiger partial charge in [0.25, 0.3) is 11.7 Å². The Morgan fingerprint density at radius 3 is 2.18 bits per heavy atom. The van der Waals surface area contributed by atoms with E-state index in [2.05, 4.69) is 39.9 Å². The first kappa shape index (κ1) is 56.9. The Hall–Kier alpha value is -2.70. The van der Waals surface area contributed by atoms with Crippen LogP contribution < -0.4 is 0 Å². The van der Waals surface area contributed by atoms with Gasteiger partial charge in [-0.25, -0.2) is 9.18 Å². The molecule has 0 aromatic rings. The molecule has 16 heteroatoms. The molecule has 14 nitrogen and oxygen atoms in total. The second-order valence-electron chi connectivity index (χ2n) is 21.4. The maximum atomic E-state index is 16.6. The van der Waals surface area contributed by atoms with Crippen molar-refractivity contribution >= 4 is 38.0 Å². The topological polar surface area (TPSA) is 173 Å². The average molecular weight is 966 g/mol. The Labute approximate surface area is 400 Å². The van der Waals surface area contributed by atoms with Crippen LogP contribution in [0.1, 0.15) is 127 Å². The van der Waals surface area contributed by atoms with E-state index in [1.165, 1.54) is 19.1 Å². The lowest BCUT2D eigenvalue weighted by molar-refractivity contribution is -0.302. The summed E-state index contributed by atoms with van der Waals surface area (Å²) >= 11 is 0. The summed E-state index contributed by atoms with van der Waals surface area (Å²) in [5.41, 5.74) is 1.10. The molecule has 15 unspecified atom stereocenters.